The second-order valence-electron chi connectivity index (χ2n) is 5.39. The minimum absolute atomic E-state index is 0.571. The molecule has 106 valence electrons. The Morgan fingerprint density at radius 1 is 1.19 bits per heavy atom. The van der Waals surface area contributed by atoms with Gasteiger partial charge in [0.2, 0.25) is 0 Å². The first-order valence-electron chi connectivity index (χ1n) is 7.10. The van der Waals surface area contributed by atoms with Crippen molar-refractivity contribution in [3.05, 3.63) is 59.1 Å². The first-order chi connectivity index (χ1) is 10.3. The summed E-state index contributed by atoms with van der Waals surface area (Å²) in [4.78, 5) is 11.4. The van der Waals surface area contributed by atoms with Crippen LogP contribution in [0.5, 0.6) is 0 Å². The Kier molecular flexibility index (Phi) is 3.15. The summed E-state index contributed by atoms with van der Waals surface area (Å²) in [5.74, 6) is 1.54. The van der Waals surface area contributed by atoms with Crippen molar-refractivity contribution in [2.75, 3.05) is 18.0 Å². The lowest BCUT2D eigenvalue weighted by Crippen LogP contribution is -2.21. The fraction of sp³-hybridized carbons (Fsp3) is 0.250. The number of imidazole rings is 1. The normalized spacial score (nSPS) is 18.5. The van der Waals surface area contributed by atoms with Gasteiger partial charge in [0, 0.05) is 37.6 Å². The summed E-state index contributed by atoms with van der Waals surface area (Å²) in [5, 5.41) is 0. The van der Waals surface area contributed by atoms with Gasteiger partial charge in [-0.1, -0.05) is 30.3 Å². The van der Waals surface area contributed by atoms with Gasteiger partial charge in [-0.15, -0.1) is 0 Å². The molecular formula is C16H15BrN4. The Balaban J connectivity index is 1.67. The molecule has 1 aliphatic heterocycles. The van der Waals surface area contributed by atoms with Crippen molar-refractivity contribution in [3.8, 4) is 0 Å². The molecule has 4 nitrogen and oxygen atoms in total. The maximum absolute atomic E-state index is 4.64. The van der Waals surface area contributed by atoms with Gasteiger partial charge in [0.15, 0.2) is 11.5 Å². The predicted molar refractivity (Wildman–Crippen MR) is 86.7 cm³/mol. The van der Waals surface area contributed by atoms with Crippen LogP contribution in [0.4, 0.5) is 5.82 Å². The molecule has 3 aromatic rings. The fourth-order valence-corrected chi connectivity index (χ4v) is 3.44. The summed E-state index contributed by atoms with van der Waals surface area (Å²) in [5.41, 5.74) is 2.33. The van der Waals surface area contributed by atoms with E-state index in [1.165, 1.54) is 5.56 Å². The Morgan fingerprint density at radius 2 is 2.05 bits per heavy atom. The summed E-state index contributed by atoms with van der Waals surface area (Å²) in [6.07, 6.45) is 6.87. The average molecular weight is 343 g/mol. The zero-order chi connectivity index (χ0) is 14.2. The van der Waals surface area contributed by atoms with E-state index in [9.17, 15) is 0 Å². The molecule has 0 amide bonds. The van der Waals surface area contributed by atoms with Gasteiger partial charge in [0.05, 0.1) is 0 Å². The molecular weight excluding hydrogens is 328 g/mol. The van der Waals surface area contributed by atoms with Crippen LogP contribution >= 0.6 is 15.9 Å². The van der Waals surface area contributed by atoms with Crippen LogP contribution in [0.1, 0.15) is 17.9 Å². The van der Waals surface area contributed by atoms with E-state index in [2.05, 4.69) is 61.1 Å². The third kappa shape index (κ3) is 2.31. The molecule has 1 atom stereocenters. The molecule has 1 fully saturated rings. The van der Waals surface area contributed by atoms with Crippen LogP contribution in [-0.4, -0.2) is 27.5 Å². The lowest BCUT2D eigenvalue weighted by Gasteiger charge is -2.18. The van der Waals surface area contributed by atoms with Crippen LogP contribution in [0.25, 0.3) is 5.65 Å². The van der Waals surface area contributed by atoms with Crippen LogP contribution in [0.2, 0.25) is 0 Å². The van der Waals surface area contributed by atoms with Gasteiger partial charge in [-0.05, 0) is 27.9 Å². The Morgan fingerprint density at radius 3 is 2.90 bits per heavy atom. The summed E-state index contributed by atoms with van der Waals surface area (Å²) >= 11 is 3.49. The fourth-order valence-electron chi connectivity index (χ4n) is 3.05. The average Bonchev–Trinajstić information content (AvgIpc) is 3.16. The summed E-state index contributed by atoms with van der Waals surface area (Å²) < 4.78 is 2.86. The second kappa shape index (κ2) is 5.15. The van der Waals surface area contributed by atoms with E-state index in [-0.39, 0.29) is 0 Å². The van der Waals surface area contributed by atoms with Gasteiger partial charge in [-0.2, -0.15) is 0 Å². The van der Waals surface area contributed by atoms with Gasteiger partial charge < -0.3 is 9.30 Å². The zero-order valence-electron chi connectivity index (χ0n) is 11.5. The quantitative estimate of drug-likeness (QED) is 0.714. The van der Waals surface area contributed by atoms with E-state index in [0.717, 1.165) is 35.6 Å². The van der Waals surface area contributed by atoms with Crippen LogP contribution in [0, 0.1) is 0 Å². The van der Waals surface area contributed by atoms with Crippen molar-refractivity contribution in [1.82, 2.24) is 14.4 Å². The lowest BCUT2D eigenvalue weighted by atomic mass is 9.99. The highest BCUT2D eigenvalue weighted by Gasteiger charge is 2.26. The molecule has 21 heavy (non-hydrogen) atoms. The highest BCUT2D eigenvalue weighted by molar-refractivity contribution is 9.10. The molecule has 1 unspecified atom stereocenters. The third-order valence-electron chi connectivity index (χ3n) is 4.09. The molecule has 5 heteroatoms. The Bertz CT molecular complexity index is 768. The monoisotopic (exact) mass is 342 g/mol. The molecule has 0 radical (unpaired) electrons. The minimum Gasteiger partial charge on any atom is -0.353 e. The number of fused-ring (bicyclic) bond motifs is 1. The molecule has 1 saturated heterocycles. The second-order valence-corrected chi connectivity index (χ2v) is 6.20. The van der Waals surface area contributed by atoms with E-state index in [1.807, 2.05) is 23.0 Å². The van der Waals surface area contributed by atoms with Crippen LogP contribution in [0.3, 0.4) is 0 Å². The summed E-state index contributed by atoms with van der Waals surface area (Å²) in [6, 6.07) is 10.7. The lowest BCUT2D eigenvalue weighted by molar-refractivity contribution is 0.774. The number of anilines is 1. The van der Waals surface area contributed by atoms with Crippen molar-refractivity contribution in [3.63, 3.8) is 0 Å². The molecule has 3 heterocycles. The van der Waals surface area contributed by atoms with Gasteiger partial charge in [-0.25, -0.2) is 9.97 Å². The highest BCUT2D eigenvalue weighted by atomic mass is 79.9. The molecule has 0 N–H and O–H groups in total. The van der Waals surface area contributed by atoms with E-state index < -0.39 is 0 Å². The van der Waals surface area contributed by atoms with Gasteiger partial charge in [0.1, 0.15) is 4.60 Å². The van der Waals surface area contributed by atoms with E-state index in [1.54, 1.807) is 0 Å². The van der Waals surface area contributed by atoms with Crippen molar-refractivity contribution in [2.45, 2.75) is 12.3 Å². The number of halogens is 1. The van der Waals surface area contributed by atoms with E-state index in [0.29, 0.717) is 5.92 Å². The number of hydrogen-bond acceptors (Lipinski definition) is 3. The topological polar surface area (TPSA) is 33.4 Å². The molecule has 0 saturated carbocycles. The van der Waals surface area contributed by atoms with E-state index >= 15 is 0 Å². The molecule has 1 aromatic carbocycles. The largest absolute Gasteiger partial charge is 0.353 e. The van der Waals surface area contributed by atoms with Crippen molar-refractivity contribution in [2.24, 2.45) is 0 Å². The molecule has 0 aliphatic carbocycles. The van der Waals surface area contributed by atoms with Crippen molar-refractivity contribution in [1.29, 1.82) is 0 Å². The van der Waals surface area contributed by atoms with Crippen molar-refractivity contribution < 1.29 is 0 Å². The first kappa shape index (κ1) is 12.8. The van der Waals surface area contributed by atoms with Gasteiger partial charge >= 0.3 is 0 Å². The third-order valence-corrected chi connectivity index (χ3v) is 4.47. The Hall–Kier alpha value is -1.88. The highest BCUT2D eigenvalue weighted by Crippen LogP contribution is 2.31. The van der Waals surface area contributed by atoms with Gasteiger partial charge in [-0.3, -0.25) is 0 Å². The van der Waals surface area contributed by atoms with Crippen LogP contribution in [-0.2, 0) is 0 Å². The number of hydrogen-bond donors (Lipinski definition) is 0. The molecule has 4 rings (SSSR count). The summed E-state index contributed by atoms with van der Waals surface area (Å²) in [7, 11) is 0. The molecule has 0 bridgehead atoms. The maximum atomic E-state index is 4.64. The minimum atomic E-state index is 0.571. The smallest absolute Gasteiger partial charge is 0.180 e. The predicted octanol–water partition coefficient (Wildman–Crippen LogP) is 3.49. The first-order valence-corrected chi connectivity index (χ1v) is 7.89. The number of aromatic nitrogens is 3. The number of rotatable bonds is 2. The molecule has 0 spiro atoms. The van der Waals surface area contributed by atoms with Gasteiger partial charge in [0.25, 0.3) is 0 Å². The standard InChI is InChI=1S/C16H15BrN4/c17-14-11-21-9-7-18-15(21)16(19-14)20-8-6-13(10-20)12-4-2-1-3-5-12/h1-5,7,9,11,13H,6,8,10H2. The maximum Gasteiger partial charge on any atom is 0.180 e. The van der Waals surface area contributed by atoms with Crippen molar-refractivity contribution >= 4 is 27.4 Å². The van der Waals surface area contributed by atoms with Crippen LogP contribution in [0.15, 0.2) is 53.5 Å². The number of benzene rings is 1. The number of nitrogens with zero attached hydrogens (tertiary/aromatic N) is 4. The molecule has 1 aliphatic rings. The molecule has 2 aromatic heterocycles. The van der Waals surface area contributed by atoms with E-state index in [4.69, 9.17) is 0 Å². The van der Waals surface area contributed by atoms with Crippen LogP contribution < -0.4 is 4.90 Å². The SMILES string of the molecule is Brc1cn2ccnc2c(N2CCC(c3ccccc3)C2)n1. The Labute approximate surface area is 131 Å². The summed E-state index contributed by atoms with van der Waals surface area (Å²) in [6.45, 7) is 2.02. The zero-order valence-corrected chi connectivity index (χ0v) is 13.1.